The highest BCUT2D eigenvalue weighted by molar-refractivity contribution is 9.10. The van der Waals surface area contributed by atoms with Crippen molar-refractivity contribution in [3.63, 3.8) is 0 Å². The first-order chi connectivity index (χ1) is 8.87. The number of hydrogen-bond donors (Lipinski definition) is 2. The van der Waals surface area contributed by atoms with Gasteiger partial charge in [0.1, 0.15) is 13.2 Å². The lowest BCUT2D eigenvalue weighted by atomic mass is 10.1. The summed E-state index contributed by atoms with van der Waals surface area (Å²) in [5.41, 5.74) is 5.91. The average Bonchev–Trinajstić information content (AvgIpc) is 2.35. The minimum atomic E-state index is -0.215. The fourth-order valence-corrected chi connectivity index (χ4v) is 2.11. The van der Waals surface area contributed by atoms with Crippen LogP contribution in [0, 0.1) is 0 Å². The Morgan fingerprint density at radius 2 is 1.95 bits per heavy atom. The number of fused-ring (bicyclic) bond motifs is 1. The van der Waals surface area contributed by atoms with E-state index in [0.29, 0.717) is 34.7 Å². The summed E-state index contributed by atoms with van der Waals surface area (Å²) in [6.45, 7) is 6.90. The van der Waals surface area contributed by atoms with Crippen molar-refractivity contribution in [3.05, 3.63) is 22.2 Å². The van der Waals surface area contributed by atoms with Crippen molar-refractivity contribution in [2.24, 2.45) is 0 Å². The molecule has 0 aromatic heterocycles. The zero-order valence-electron chi connectivity index (χ0n) is 11.2. The normalized spacial score (nSPS) is 14.1. The number of amides is 1. The predicted molar refractivity (Wildman–Crippen MR) is 75.5 cm³/mol. The average molecular weight is 329 g/mol. The van der Waals surface area contributed by atoms with Gasteiger partial charge >= 0.3 is 0 Å². The first-order valence-corrected chi connectivity index (χ1v) is 6.83. The van der Waals surface area contributed by atoms with E-state index in [1.165, 1.54) is 0 Å². The van der Waals surface area contributed by atoms with E-state index in [4.69, 9.17) is 9.47 Å². The Kier molecular flexibility index (Phi) is 4.01. The van der Waals surface area contributed by atoms with E-state index in [1.54, 1.807) is 12.1 Å². The van der Waals surface area contributed by atoms with Crippen molar-refractivity contribution in [2.45, 2.75) is 26.3 Å². The van der Waals surface area contributed by atoms with Gasteiger partial charge in [0.15, 0.2) is 11.5 Å². The fourth-order valence-electron chi connectivity index (χ4n) is 1.56. The van der Waals surface area contributed by atoms with Gasteiger partial charge in [-0.05, 0) is 48.8 Å². The first kappa shape index (κ1) is 14.1. The SMILES string of the molecule is CC(C)(C)NNC(=O)c1cc(Br)c2c(c1)OCCO2. The minimum Gasteiger partial charge on any atom is -0.486 e. The topological polar surface area (TPSA) is 59.6 Å². The summed E-state index contributed by atoms with van der Waals surface area (Å²) in [4.78, 5) is 12.0. The second-order valence-corrected chi connectivity index (χ2v) is 6.17. The Hall–Kier alpha value is -1.27. The molecule has 0 saturated heterocycles. The van der Waals surface area contributed by atoms with Gasteiger partial charge in [-0.1, -0.05) is 0 Å². The van der Waals surface area contributed by atoms with Crippen LogP contribution in [-0.2, 0) is 0 Å². The third-order valence-corrected chi connectivity index (χ3v) is 3.00. The molecule has 0 spiro atoms. The Morgan fingerprint density at radius 1 is 1.26 bits per heavy atom. The van der Waals surface area contributed by atoms with Crippen molar-refractivity contribution in [3.8, 4) is 11.5 Å². The second-order valence-electron chi connectivity index (χ2n) is 5.31. The summed E-state index contributed by atoms with van der Waals surface area (Å²) in [5, 5.41) is 0. The molecule has 1 aromatic rings. The molecule has 0 unspecified atom stereocenters. The van der Waals surface area contributed by atoms with E-state index in [-0.39, 0.29) is 11.4 Å². The van der Waals surface area contributed by atoms with Gasteiger partial charge in [0.25, 0.3) is 5.91 Å². The number of ether oxygens (including phenoxy) is 2. The highest BCUT2D eigenvalue weighted by Gasteiger charge is 2.19. The van der Waals surface area contributed by atoms with Crippen molar-refractivity contribution < 1.29 is 14.3 Å². The lowest BCUT2D eigenvalue weighted by Crippen LogP contribution is -2.48. The van der Waals surface area contributed by atoms with E-state index >= 15 is 0 Å². The number of hydrogen-bond acceptors (Lipinski definition) is 4. The Balaban J connectivity index is 2.16. The maximum Gasteiger partial charge on any atom is 0.265 e. The molecule has 2 rings (SSSR count). The highest BCUT2D eigenvalue weighted by Crippen LogP contribution is 2.38. The zero-order chi connectivity index (χ0) is 14.0. The van der Waals surface area contributed by atoms with Crippen LogP contribution in [0.15, 0.2) is 16.6 Å². The van der Waals surface area contributed by atoms with E-state index < -0.39 is 0 Å². The minimum absolute atomic E-state index is 0.194. The largest absolute Gasteiger partial charge is 0.486 e. The van der Waals surface area contributed by atoms with Crippen LogP contribution in [0.4, 0.5) is 0 Å². The van der Waals surface area contributed by atoms with E-state index in [2.05, 4.69) is 26.8 Å². The molecule has 5 nitrogen and oxygen atoms in total. The van der Waals surface area contributed by atoms with Gasteiger partial charge in [-0.15, -0.1) is 0 Å². The molecule has 1 amide bonds. The van der Waals surface area contributed by atoms with E-state index in [0.717, 1.165) is 0 Å². The number of carbonyl (C=O) groups is 1. The molecule has 0 fully saturated rings. The molecule has 0 radical (unpaired) electrons. The Bertz CT molecular complexity index is 497. The van der Waals surface area contributed by atoms with Gasteiger partial charge in [0.2, 0.25) is 0 Å². The number of nitrogens with one attached hydrogen (secondary N) is 2. The summed E-state index contributed by atoms with van der Waals surface area (Å²) in [6.07, 6.45) is 0. The molecule has 6 heteroatoms. The monoisotopic (exact) mass is 328 g/mol. The Morgan fingerprint density at radius 3 is 2.63 bits per heavy atom. The maximum absolute atomic E-state index is 12.0. The number of halogens is 1. The third kappa shape index (κ3) is 3.61. The van der Waals surface area contributed by atoms with Crippen LogP contribution in [0.2, 0.25) is 0 Å². The van der Waals surface area contributed by atoms with Gasteiger partial charge in [0.05, 0.1) is 4.47 Å². The molecule has 0 atom stereocenters. The van der Waals surface area contributed by atoms with Crippen molar-refractivity contribution >= 4 is 21.8 Å². The van der Waals surface area contributed by atoms with Crippen LogP contribution in [0.1, 0.15) is 31.1 Å². The van der Waals surface area contributed by atoms with Crippen molar-refractivity contribution in [1.29, 1.82) is 0 Å². The van der Waals surface area contributed by atoms with Crippen LogP contribution < -0.4 is 20.3 Å². The molecular formula is C13H17BrN2O3. The van der Waals surface area contributed by atoms with Gasteiger partial charge in [-0.25, -0.2) is 5.43 Å². The summed E-state index contributed by atoms with van der Waals surface area (Å²) in [7, 11) is 0. The Labute approximate surface area is 120 Å². The summed E-state index contributed by atoms with van der Waals surface area (Å²) >= 11 is 3.39. The number of rotatable bonds is 2. The predicted octanol–water partition coefficient (Wildman–Crippen LogP) is 2.25. The smallest absolute Gasteiger partial charge is 0.265 e. The molecule has 1 aromatic carbocycles. The molecular weight excluding hydrogens is 312 g/mol. The van der Waals surface area contributed by atoms with E-state index in [9.17, 15) is 4.79 Å². The van der Waals surface area contributed by atoms with Crippen molar-refractivity contribution in [2.75, 3.05) is 13.2 Å². The maximum atomic E-state index is 12.0. The summed E-state index contributed by atoms with van der Waals surface area (Å²) in [5.74, 6) is 1.01. The van der Waals surface area contributed by atoms with Crippen LogP contribution >= 0.6 is 15.9 Å². The van der Waals surface area contributed by atoms with Gasteiger partial charge in [-0.3, -0.25) is 10.2 Å². The van der Waals surface area contributed by atoms with Gasteiger partial charge in [-0.2, -0.15) is 0 Å². The number of carbonyl (C=O) groups excluding carboxylic acids is 1. The molecule has 1 aliphatic rings. The highest BCUT2D eigenvalue weighted by atomic mass is 79.9. The lowest BCUT2D eigenvalue weighted by Gasteiger charge is -2.22. The van der Waals surface area contributed by atoms with Gasteiger partial charge < -0.3 is 9.47 Å². The molecule has 104 valence electrons. The molecule has 0 saturated carbocycles. The number of hydrazine groups is 1. The number of benzene rings is 1. The van der Waals surface area contributed by atoms with Crippen LogP contribution in [0.5, 0.6) is 11.5 Å². The molecule has 19 heavy (non-hydrogen) atoms. The zero-order valence-corrected chi connectivity index (χ0v) is 12.8. The summed E-state index contributed by atoms with van der Waals surface area (Å²) < 4.78 is 11.7. The molecule has 1 heterocycles. The second kappa shape index (κ2) is 5.38. The fraction of sp³-hybridized carbons (Fsp3) is 0.462. The van der Waals surface area contributed by atoms with Crippen LogP contribution in [0.25, 0.3) is 0 Å². The lowest BCUT2D eigenvalue weighted by molar-refractivity contribution is 0.0913. The van der Waals surface area contributed by atoms with Gasteiger partial charge in [0, 0.05) is 11.1 Å². The summed E-state index contributed by atoms with van der Waals surface area (Å²) in [6, 6.07) is 3.39. The van der Waals surface area contributed by atoms with Crippen molar-refractivity contribution in [1.82, 2.24) is 10.9 Å². The molecule has 0 aliphatic carbocycles. The molecule has 1 aliphatic heterocycles. The standard InChI is InChI=1S/C13H17BrN2O3/c1-13(2,3)16-15-12(17)8-6-9(14)11-10(7-8)18-4-5-19-11/h6-7,16H,4-5H2,1-3H3,(H,15,17). The molecule has 0 bridgehead atoms. The molecule has 2 N–H and O–H groups in total. The van der Waals surface area contributed by atoms with Crippen LogP contribution in [-0.4, -0.2) is 24.7 Å². The quantitative estimate of drug-likeness (QED) is 0.817. The van der Waals surface area contributed by atoms with E-state index in [1.807, 2.05) is 20.8 Å². The van der Waals surface area contributed by atoms with Crippen LogP contribution in [0.3, 0.4) is 0 Å². The first-order valence-electron chi connectivity index (χ1n) is 6.03. The third-order valence-electron chi connectivity index (χ3n) is 2.41.